The summed E-state index contributed by atoms with van der Waals surface area (Å²) in [7, 11) is -4.00. The second kappa shape index (κ2) is 10.0. The molecule has 0 saturated carbocycles. The third-order valence-corrected chi connectivity index (χ3v) is 6.44. The average Bonchev–Trinajstić information content (AvgIpc) is 2.76. The Morgan fingerprint density at radius 3 is 2.38 bits per heavy atom. The van der Waals surface area contributed by atoms with Gasteiger partial charge in [0.05, 0.1) is 10.6 Å². The number of carbonyl (C=O) groups excluding carboxylic acids is 4. The van der Waals surface area contributed by atoms with Crippen molar-refractivity contribution in [2.75, 3.05) is 16.8 Å². The molecular formula is C23H25N3O7S. The van der Waals surface area contributed by atoms with Gasteiger partial charge in [0.1, 0.15) is 12.3 Å². The van der Waals surface area contributed by atoms with E-state index in [4.69, 9.17) is 4.74 Å². The molecule has 10 nitrogen and oxygen atoms in total. The minimum atomic E-state index is -4.00. The Kier molecular flexibility index (Phi) is 7.35. The fourth-order valence-corrected chi connectivity index (χ4v) is 4.42. The number of rotatable bonds is 8. The van der Waals surface area contributed by atoms with Crippen LogP contribution in [0.5, 0.6) is 5.75 Å². The third-order valence-electron chi connectivity index (χ3n) is 4.99. The summed E-state index contributed by atoms with van der Waals surface area (Å²) in [5.74, 6) is -1.37. The molecule has 0 saturated heterocycles. The molecule has 11 heteroatoms. The molecule has 2 aromatic rings. The van der Waals surface area contributed by atoms with Crippen molar-refractivity contribution in [1.82, 2.24) is 4.72 Å². The molecule has 0 spiro atoms. The molecule has 34 heavy (non-hydrogen) atoms. The van der Waals surface area contributed by atoms with E-state index in [2.05, 4.69) is 5.32 Å². The number of nitrogens with one attached hydrogen (secondary N) is 2. The van der Waals surface area contributed by atoms with Gasteiger partial charge in [0.2, 0.25) is 11.8 Å². The Bertz CT molecular complexity index is 1240. The van der Waals surface area contributed by atoms with Gasteiger partial charge in [-0.2, -0.15) is 0 Å². The number of hydrogen-bond acceptors (Lipinski definition) is 7. The Labute approximate surface area is 197 Å². The van der Waals surface area contributed by atoms with Crippen LogP contribution in [0.4, 0.5) is 11.4 Å². The molecule has 0 aliphatic carbocycles. The summed E-state index contributed by atoms with van der Waals surface area (Å²) in [4.78, 5) is 50.0. The minimum absolute atomic E-state index is 0.0740. The van der Waals surface area contributed by atoms with Gasteiger partial charge in [0, 0.05) is 24.6 Å². The summed E-state index contributed by atoms with van der Waals surface area (Å²) in [5, 5.41) is 2.61. The lowest BCUT2D eigenvalue weighted by atomic mass is 10.0. The number of amides is 3. The smallest absolute Gasteiger partial charge is 0.268 e. The molecule has 3 amide bonds. The van der Waals surface area contributed by atoms with Crippen LogP contribution in [-0.2, 0) is 24.4 Å². The van der Waals surface area contributed by atoms with Gasteiger partial charge < -0.3 is 10.1 Å². The zero-order chi connectivity index (χ0) is 25.0. The number of fused-ring (bicyclic) bond motifs is 1. The van der Waals surface area contributed by atoms with Crippen molar-refractivity contribution >= 4 is 44.9 Å². The van der Waals surface area contributed by atoms with Crippen molar-refractivity contribution in [2.24, 2.45) is 0 Å². The number of benzene rings is 2. The number of anilines is 2. The molecule has 0 aromatic heterocycles. The van der Waals surface area contributed by atoms with E-state index in [1.807, 2.05) is 11.6 Å². The number of ether oxygens (including phenoxy) is 1. The lowest BCUT2D eigenvalue weighted by molar-refractivity contribution is -0.127. The van der Waals surface area contributed by atoms with E-state index < -0.39 is 33.8 Å². The molecule has 180 valence electrons. The maximum atomic E-state index is 12.8. The number of sulfonamides is 1. The quantitative estimate of drug-likeness (QED) is 0.545. The molecule has 1 aliphatic rings. The van der Waals surface area contributed by atoms with Crippen molar-refractivity contribution in [3.05, 3.63) is 48.0 Å². The number of nitrogens with zero attached hydrogens (tertiary/aromatic N) is 1. The van der Waals surface area contributed by atoms with Gasteiger partial charge in [-0.05, 0) is 55.8 Å². The molecule has 0 bridgehead atoms. The van der Waals surface area contributed by atoms with Crippen LogP contribution in [0.15, 0.2) is 47.4 Å². The summed E-state index contributed by atoms with van der Waals surface area (Å²) in [6.45, 7) is 4.21. The maximum absolute atomic E-state index is 12.8. The summed E-state index contributed by atoms with van der Waals surface area (Å²) >= 11 is 0. The average molecular weight is 488 g/mol. The standard InChI is InChI=1S/C23H25N3O7S/c1-4-5-20(28)16-6-11-21-19(12-16)26(23(30)14(2)33-21)13-22(29)24-17-7-9-18(10-8-17)34(31,32)25-15(3)27/h6-12,14H,4-5,13H2,1-3H3,(H,24,29)(H,25,27). The highest BCUT2D eigenvalue weighted by Gasteiger charge is 2.33. The molecule has 1 unspecified atom stereocenters. The Morgan fingerprint density at radius 1 is 1.09 bits per heavy atom. The second-order valence-electron chi connectivity index (χ2n) is 7.77. The summed E-state index contributed by atoms with van der Waals surface area (Å²) < 4.78 is 31.6. The first-order chi connectivity index (χ1) is 16.0. The maximum Gasteiger partial charge on any atom is 0.268 e. The molecule has 1 heterocycles. The van der Waals surface area contributed by atoms with Crippen LogP contribution in [0, 0.1) is 0 Å². The largest absolute Gasteiger partial charge is 0.479 e. The number of carbonyl (C=O) groups is 4. The van der Waals surface area contributed by atoms with Crippen molar-refractivity contribution in [3.8, 4) is 5.75 Å². The first-order valence-electron chi connectivity index (χ1n) is 10.6. The topological polar surface area (TPSA) is 139 Å². The van der Waals surface area contributed by atoms with E-state index >= 15 is 0 Å². The first-order valence-corrected chi connectivity index (χ1v) is 12.1. The zero-order valence-electron chi connectivity index (χ0n) is 19.0. The highest BCUT2D eigenvalue weighted by molar-refractivity contribution is 7.90. The Balaban J connectivity index is 1.78. The van der Waals surface area contributed by atoms with Crippen molar-refractivity contribution < 1.29 is 32.3 Å². The lowest BCUT2D eigenvalue weighted by Gasteiger charge is -2.32. The van der Waals surface area contributed by atoms with Gasteiger partial charge in [-0.15, -0.1) is 0 Å². The van der Waals surface area contributed by atoms with Crippen LogP contribution < -0.4 is 19.7 Å². The molecule has 2 aromatic carbocycles. The summed E-state index contributed by atoms with van der Waals surface area (Å²) in [6.07, 6.45) is 0.230. The van der Waals surface area contributed by atoms with Crippen LogP contribution in [0.3, 0.4) is 0 Å². The van der Waals surface area contributed by atoms with Crippen LogP contribution in [0.25, 0.3) is 0 Å². The van der Waals surface area contributed by atoms with Gasteiger partial charge in [0.15, 0.2) is 11.9 Å². The lowest BCUT2D eigenvalue weighted by Crippen LogP contribution is -2.47. The third kappa shape index (κ3) is 5.60. The molecule has 3 rings (SSSR count). The molecule has 1 aliphatic heterocycles. The van der Waals surface area contributed by atoms with E-state index in [1.54, 1.807) is 25.1 Å². The normalized spacial score (nSPS) is 15.2. The summed E-state index contributed by atoms with van der Waals surface area (Å²) in [6, 6.07) is 10.0. The molecule has 0 fully saturated rings. The summed E-state index contributed by atoms with van der Waals surface area (Å²) in [5.41, 5.74) is 1.05. The van der Waals surface area contributed by atoms with Crippen LogP contribution in [0.1, 0.15) is 44.0 Å². The van der Waals surface area contributed by atoms with E-state index in [9.17, 15) is 27.6 Å². The van der Waals surface area contributed by atoms with Crippen molar-refractivity contribution in [3.63, 3.8) is 0 Å². The first kappa shape index (κ1) is 24.9. The number of ketones is 1. The van der Waals surface area contributed by atoms with Crippen molar-refractivity contribution in [1.29, 1.82) is 0 Å². The van der Waals surface area contributed by atoms with Crippen molar-refractivity contribution in [2.45, 2.75) is 44.6 Å². The Morgan fingerprint density at radius 2 is 1.76 bits per heavy atom. The highest BCUT2D eigenvalue weighted by atomic mass is 32.2. The Hall–Kier alpha value is -3.73. The van der Waals surface area contributed by atoms with E-state index in [1.165, 1.54) is 29.2 Å². The predicted molar refractivity (Wildman–Crippen MR) is 124 cm³/mol. The van der Waals surface area contributed by atoms with Gasteiger partial charge in [-0.3, -0.25) is 24.1 Å². The number of hydrogen-bond donors (Lipinski definition) is 2. The van der Waals surface area contributed by atoms with Gasteiger partial charge in [-0.1, -0.05) is 6.92 Å². The molecule has 1 atom stereocenters. The van der Waals surface area contributed by atoms with Crippen LogP contribution in [-0.4, -0.2) is 44.6 Å². The van der Waals surface area contributed by atoms with E-state index in [-0.39, 0.29) is 17.2 Å². The van der Waals surface area contributed by atoms with Gasteiger partial charge in [-0.25, -0.2) is 13.1 Å². The molecule has 2 N–H and O–H groups in total. The SMILES string of the molecule is CCCC(=O)c1ccc2c(c1)N(CC(=O)Nc1ccc(S(=O)(=O)NC(C)=O)cc1)C(=O)C(C)O2. The fraction of sp³-hybridized carbons (Fsp3) is 0.304. The zero-order valence-corrected chi connectivity index (χ0v) is 19.8. The van der Waals surface area contributed by atoms with Gasteiger partial charge >= 0.3 is 0 Å². The number of Topliss-reactive ketones (excluding diaryl/α,β-unsaturated/α-hetero) is 1. The minimum Gasteiger partial charge on any atom is -0.479 e. The second-order valence-corrected chi connectivity index (χ2v) is 9.46. The van der Waals surface area contributed by atoms with Crippen LogP contribution in [0.2, 0.25) is 0 Å². The van der Waals surface area contributed by atoms with E-state index in [0.717, 1.165) is 6.92 Å². The van der Waals surface area contributed by atoms with Crippen LogP contribution >= 0.6 is 0 Å². The fourth-order valence-electron chi connectivity index (χ4n) is 3.42. The van der Waals surface area contributed by atoms with Gasteiger partial charge in [0.25, 0.3) is 15.9 Å². The van der Waals surface area contributed by atoms with E-state index in [0.29, 0.717) is 35.5 Å². The molecular weight excluding hydrogens is 462 g/mol. The highest BCUT2D eigenvalue weighted by Crippen LogP contribution is 2.35. The monoisotopic (exact) mass is 487 g/mol. The molecule has 0 radical (unpaired) electrons. The predicted octanol–water partition coefficient (Wildman–Crippen LogP) is 2.25.